The molecule has 3 fully saturated rings. The third-order valence-electron chi connectivity index (χ3n) is 12.1. The van der Waals surface area contributed by atoms with Crippen LogP contribution in [0, 0.1) is 11.8 Å². The third kappa shape index (κ3) is 13.6. The number of rotatable bonds is 21. The Bertz CT molecular complexity index is 2760. The minimum Gasteiger partial charge on any atom is -0.447 e. The second-order valence-corrected chi connectivity index (χ2v) is 22.8. The van der Waals surface area contributed by atoms with Crippen molar-refractivity contribution in [2.24, 2.45) is 11.8 Å². The molecule has 4 aliphatic heterocycles. The average molecular weight is 1120 g/mol. The normalized spacial score (nSPS) is 28.3. The van der Waals surface area contributed by atoms with E-state index in [0.29, 0.717) is 44.2 Å². The number of carbonyl (C=O) groups is 4. The standard InChI is InChI=1S/C41H56N12O17P2S2/c1-24-33-26(67-39(24)52-22-47-31-35(42)43-20-45-37(31)52)18-65-72(59,74)70-34-25(2)40(68-27(34)19-66-71(58,73)69-33)53-23-48-32-36(44-21-46-38(32)53)49-41(57)64-11-7-50(3)28(54)6-9-60-12-14-62-16-17-63-15-13-61-10-8-51-29(55)4-5-30(51)56/h4-5,20-27,33-34,39-40H,6-19H2,1-3H3,(H,58,73)(H,59,74)(H2,42,43,45)(H,44,46,49,57)/t24-,25-,26-,27-,33+,34+,39-,40-,71-,72-/m1/s1. The summed E-state index contributed by atoms with van der Waals surface area (Å²) in [4.78, 5) is 76.6. The van der Waals surface area contributed by atoms with Crippen LogP contribution in [0.5, 0.6) is 0 Å². The molecule has 0 saturated carbocycles. The van der Waals surface area contributed by atoms with Crippen molar-refractivity contribution >= 4 is 95.9 Å². The van der Waals surface area contributed by atoms with Crippen LogP contribution in [0.15, 0.2) is 37.5 Å². The SMILES string of the molecule is C[C@@H]1[C@@H]2O[P@](=O)(S)OC[C@H]3O[C@@H](n4cnc5c(NC(=O)OCCN(C)C(=O)CCOCCOCCOCCOCCN6C(=O)C=CC6=O)ncnc54)[C@H](C)[C@@H]3O[P@](=O)(S)OC[C@H]2O[C@H]1n1cnc2c(N)ncnc21. The highest BCUT2D eigenvalue weighted by atomic mass is 32.7. The van der Waals surface area contributed by atoms with Gasteiger partial charge in [-0.2, -0.15) is 0 Å². The molecule has 8 rings (SSSR count). The maximum Gasteiger partial charge on any atom is 0.412 e. The Balaban J connectivity index is 0.756. The predicted octanol–water partition coefficient (Wildman–Crippen LogP) is 2.60. The molecule has 74 heavy (non-hydrogen) atoms. The predicted molar refractivity (Wildman–Crippen MR) is 262 cm³/mol. The summed E-state index contributed by atoms with van der Waals surface area (Å²) in [5, 5.41) is 2.56. The second kappa shape index (κ2) is 25.0. The molecule has 404 valence electrons. The number of ether oxygens (including phenoxy) is 7. The van der Waals surface area contributed by atoms with Crippen molar-refractivity contribution in [3.8, 4) is 0 Å². The van der Waals surface area contributed by atoms with E-state index in [1.807, 2.05) is 0 Å². The summed E-state index contributed by atoms with van der Waals surface area (Å²) in [6.07, 6.45) is 1.44. The Morgan fingerprint density at radius 2 is 1.23 bits per heavy atom. The molecule has 0 aliphatic carbocycles. The highest BCUT2D eigenvalue weighted by Gasteiger charge is 2.52. The third-order valence-corrected chi connectivity index (χ3v) is 15.4. The maximum atomic E-state index is 13.9. The minimum atomic E-state index is -4.17. The highest BCUT2D eigenvalue weighted by Crippen LogP contribution is 2.61. The molecule has 8 heterocycles. The van der Waals surface area contributed by atoms with E-state index >= 15 is 0 Å². The van der Waals surface area contributed by atoms with Crippen LogP contribution in [0.3, 0.4) is 0 Å². The van der Waals surface area contributed by atoms with Gasteiger partial charge >= 0.3 is 19.7 Å². The lowest BCUT2D eigenvalue weighted by Crippen LogP contribution is -2.34. The summed E-state index contributed by atoms with van der Waals surface area (Å²) in [6, 6.07) is 0. The van der Waals surface area contributed by atoms with Gasteiger partial charge in [0.15, 0.2) is 28.4 Å². The summed E-state index contributed by atoms with van der Waals surface area (Å²) < 4.78 is 94.5. The van der Waals surface area contributed by atoms with Crippen LogP contribution in [0.2, 0.25) is 0 Å². The van der Waals surface area contributed by atoms with Gasteiger partial charge in [0.05, 0.1) is 98.2 Å². The van der Waals surface area contributed by atoms with Gasteiger partial charge in [-0.05, 0) is 0 Å². The summed E-state index contributed by atoms with van der Waals surface area (Å²) in [7, 11) is 1.57. The van der Waals surface area contributed by atoms with E-state index in [0.717, 1.165) is 4.90 Å². The number of nitrogens with one attached hydrogen (secondary N) is 1. The first-order valence-electron chi connectivity index (χ1n) is 23.3. The van der Waals surface area contributed by atoms with Crippen LogP contribution < -0.4 is 11.1 Å². The molecule has 4 amide bonds. The molecule has 3 saturated heterocycles. The first-order chi connectivity index (χ1) is 35.5. The van der Waals surface area contributed by atoms with Gasteiger partial charge in [0, 0.05) is 31.0 Å². The number of fused-ring (bicyclic) bond motifs is 4. The fraction of sp³-hybridized carbons (Fsp3) is 0.610. The van der Waals surface area contributed by atoms with E-state index in [1.54, 1.807) is 30.0 Å². The molecular formula is C41H56N12O17P2S2. The number of likely N-dealkylation sites (N-methyl/N-ethyl adjacent to an activating group) is 1. The van der Waals surface area contributed by atoms with E-state index in [9.17, 15) is 28.3 Å². The van der Waals surface area contributed by atoms with Gasteiger partial charge in [-0.15, -0.1) is 0 Å². The molecule has 10 atom stereocenters. The molecular weight excluding hydrogens is 1060 g/mol. The van der Waals surface area contributed by atoms with E-state index in [4.69, 9.17) is 57.0 Å². The number of imide groups is 1. The van der Waals surface area contributed by atoms with Crippen molar-refractivity contribution in [2.75, 3.05) is 104 Å². The smallest absolute Gasteiger partial charge is 0.412 e. The average Bonchev–Trinajstić information content (AvgIpc) is 4.19. The van der Waals surface area contributed by atoms with Gasteiger partial charge in [-0.3, -0.25) is 51.8 Å². The first-order valence-corrected chi connectivity index (χ1v) is 28.6. The van der Waals surface area contributed by atoms with E-state index < -0.39 is 75.0 Å². The largest absolute Gasteiger partial charge is 0.447 e. The quantitative estimate of drug-likeness (QED) is 0.0403. The number of amides is 4. The van der Waals surface area contributed by atoms with Crippen molar-refractivity contribution in [1.29, 1.82) is 0 Å². The van der Waals surface area contributed by atoms with Crippen molar-refractivity contribution < 1.29 is 79.6 Å². The summed E-state index contributed by atoms with van der Waals surface area (Å²) in [5.41, 5.74) is 7.15. The minimum absolute atomic E-state index is 0.0188. The molecule has 29 nitrogen and oxygen atoms in total. The Labute approximate surface area is 433 Å². The number of nitrogens with zero attached hydrogens (tertiary/aromatic N) is 10. The fourth-order valence-corrected chi connectivity index (χ4v) is 11.5. The van der Waals surface area contributed by atoms with E-state index in [2.05, 4.69) is 59.7 Å². The number of thiol groups is 2. The first kappa shape index (κ1) is 55.5. The number of carbonyl (C=O) groups excluding carboxylic acids is 4. The summed E-state index contributed by atoms with van der Waals surface area (Å²) >= 11 is 8.60. The Morgan fingerprint density at radius 3 is 1.80 bits per heavy atom. The van der Waals surface area contributed by atoms with Crippen molar-refractivity contribution in [2.45, 2.75) is 57.1 Å². The van der Waals surface area contributed by atoms with Crippen LogP contribution >= 0.6 is 38.1 Å². The van der Waals surface area contributed by atoms with Crippen LogP contribution in [-0.2, 0) is 74.8 Å². The van der Waals surface area contributed by atoms with Crippen LogP contribution in [0.4, 0.5) is 16.4 Å². The number of aromatic nitrogens is 8. The molecule has 0 radical (unpaired) electrons. The molecule has 0 bridgehead atoms. The van der Waals surface area contributed by atoms with Crippen molar-refractivity contribution in [3.63, 3.8) is 0 Å². The molecule has 0 spiro atoms. The number of imidazole rings is 2. The van der Waals surface area contributed by atoms with Gasteiger partial charge in [-0.1, -0.05) is 38.3 Å². The maximum absolute atomic E-state index is 13.9. The topological polar surface area (TPSA) is 336 Å². The van der Waals surface area contributed by atoms with Gasteiger partial charge in [0.1, 0.15) is 61.6 Å². The zero-order valence-corrected chi connectivity index (χ0v) is 43.8. The molecule has 33 heteroatoms. The van der Waals surface area contributed by atoms with E-state index in [1.165, 1.54) is 42.4 Å². The number of hydrogen-bond acceptors (Lipinski definition) is 24. The molecule has 0 unspecified atom stereocenters. The Hall–Kier alpha value is -4.72. The molecule has 4 aliphatic rings. The molecule has 3 N–H and O–H groups in total. The molecule has 0 aromatic carbocycles. The number of anilines is 2. The van der Waals surface area contributed by atoms with Crippen LogP contribution in [0.1, 0.15) is 32.7 Å². The summed E-state index contributed by atoms with van der Waals surface area (Å²) in [6.45, 7) is -3.17. The fourth-order valence-electron chi connectivity index (χ4n) is 8.34. The molecule has 4 aromatic rings. The lowest BCUT2D eigenvalue weighted by molar-refractivity contribution is -0.137. The zero-order chi connectivity index (χ0) is 52.6. The second-order valence-electron chi connectivity index (χ2n) is 17.1. The van der Waals surface area contributed by atoms with Gasteiger partial charge in [0.25, 0.3) is 11.8 Å². The lowest BCUT2D eigenvalue weighted by Gasteiger charge is -2.29. The number of hydrogen-bond donors (Lipinski definition) is 4. The lowest BCUT2D eigenvalue weighted by atomic mass is 10.0. The summed E-state index contributed by atoms with van der Waals surface area (Å²) in [5.74, 6) is -1.89. The Kier molecular flexibility index (Phi) is 18.7. The molecule has 4 aromatic heterocycles. The van der Waals surface area contributed by atoms with Crippen molar-refractivity contribution in [1.82, 2.24) is 48.8 Å². The van der Waals surface area contributed by atoms with E-state index in [-0.39, 0.29) is 93.1 Å². The van der Waals surface area contributed by atoms with Gasteiger partial charge < -0.3 is 43.8 Å². The Morgan fingerprint density at radius 1 is 0.730 bits per heavy atom. The van der Waals surface area contributed by atoms with Crippen LogP contribution in [-0.4, -0.2) is 190 Å². The van der Waals surface area contributed by atoms with Crippen LogP contribution in [0.25, 0.3) is 22.3 Å². The zero-order valence-electron chi connectivity index (χ0n) is 40.3. The van der Waals surface area contributed by atoms with Gasteiger partial charge in [0.2, 0.25) is 5.91 Å². The van der Waals surface area contributed by atoms with Crippen molar-refractivity contribution in [3.05, 3.63) is 37.5 Å². The number of nitrogens with two attached hydrogens (primary N) is 1. The highest BCUT2D eigenvalue weighted by molar-refractivity contribution is 8.44. The van der Waals surface area contributed by atoms with Gasteiger partial charge in [-0.25, -0.2) is 43.8 Å². The number of nitrogen functional groups attached to an aromatic ring is 1. The monoisotopic (exact) mass is 1110 g/mol.